The number of rotatable bonds is 9. The Morgan fingerprint density at radius 3 is 2.64 bits per heavy atom. The average molecular weight is 344 g/mol. The van der Waals surface area contributed by atoms with Crippen LogP contribution in [0.15, 0.2) is 24.3 Å². The maximum absolute atomic E-state index is 6.01. The van der Waals surface area contributed by atoms with E-state index in [-0.39, 0.29) is 5.54 Å². The fourth-order valence-electron chi connectivity index (χ4n) is 2.74. The van der Waals surface area contributed by atoms with E-state index in [2.05, 4.69) is 56.2 Å². The molecule has 0 saturated heterocycles. The summed E-state index contributed by atoms with van der Waals surface area (Å²) in [4.78, 5) is 4.47. The third kappa shape index (κ3) is 6.54. The fourth-order valence-corrected chi connectivity index (χ4v) is 2.74. The molecule has 0 aliphatic rings. The first kappa shape index (κ1) is 19.5. The van der Waals surface area contributed by atoms with Gasteiger partial charge in [0, 0.05) is 10.9 Å². The summed E-state index contributed by atoms with van der Waals surface area (Å²) in [7, 11) is 0. The summed E-state index contributed by atoms with van der Waals surface area (Å²) in [5, 5.41) is 4.64. The summed E-state index contributed by atoms with van der Waals surface area (Å²) >= 11 is 0. The fraction of sp³-hybridized carbons (Fsp3) is 0.571. The lowest BCUT2D eigenvalue weighted by molar-refractivity contribution is 0.310. The number of nitrogen functional groups attached to an aromatic ring is 1. The van der Waals surface area contributed by atoms with Crippen molar-refractivity contribution in [3.8, 4) is 5.75 Å². The molecule has 0 atom stereocenters. The molecule has 138 valence electrons. The maximum Gasteiger partial charge on any atom is 0.166 e. The topological polar surface area (TPSA) is 60.2 Å². The minimum atomic E-state index is 0.197. The highest BCUT2D eigenvalue weighted by Crippen LogP contribution is 2.26. The molecule has 0 unspecified atom stereocenters. The van der Waals surface area contributed by atoms with Crippen molar-refractivity contribution in [1.29, 1.82) is 0 Å². The van der Waals surface area contributed by atoms with Crippen molar-refractivity contribution >= 4 is 16.7 Å². The zero-order valence-corrected chi connectivity index (χ0v) is 16.2. The van der Waals surface area contributed by atoms with Crippen molar-refractivity contribution in [1.82, 2.24) is 10.3 Å². The Balaban J connectivity index is 1.96. The highest BCUT2D eigenvalue weighted by Gasteiger charge is 2.08. The number of hydrogen-bond acceptors (Lipinski definition) is 4. The van der Waals surface area contributed by atoms with E-state index in [9.17, 15) is 0 Å². The average Bonchev–Trinajstić information content (AvgIpc) is 2.54. The molecule has 0 spiro atoms. The Labute approximate surface area is 152 Å². The largest absolute Gasteiger partial charge is 0.490 e. The maximum atomic E-state index is 6.01. The third-order valence-corrected chi connectivity index (χ3v) is 4.17. The minimum absolute atomic E-state index is 0.197. The molecule has 1 aromatic carbocycles. The predicted molar refractivity (Wildman–Crippen MR) is 107 cm³/mol. The van der Waals surface area contributed by atoms with Gasteiger partial charge in [-0.2, -0.15) is 0 Å². The van der Waals surface area contributed by atoms with Crippen molar-refractivity contribution < 1.29 is 4.74 Å². The van der Waals surface area contributed by atoms with Crippen LogP contribution >= 0.6 is 0 Å². The number of nitrogens with one attached hydrogen (secondary N) is 1. The standard InChI is InChI=1S/C21H33N3O/c1-5-6-13-25-19-15-17-14-16(10-11-18(17)24-20(19)22)9-7-8-12-23-21(2,3)4/h10-11,14-15,23H,5-9,12-13H2,1-4H3,(H2,22,24). The van der Waals surface area contributed by atoms with Gasteiger partial charge in [-0.25, -0.2) is 4.98 Å². The van der Waals surface area contributed by atoms with Crippen LogP contribution in [-0.2, 0) is 6.42 Å². The van der Waals surface area contributed by atoms with E-state index in [1.165, 1.54) is 18.4 Å². The Morgan fingerprint density at radius 2 is 1.92 bits per heavy atom. The van der Waals surface area contributed by atoms with Crippen molar-refractivity contribution in [3.05, 3.63) is 29.8 Å². The van der Waals surface area contributed by atoms with Gasteiger partial charge in [-0.15, -0.1) is 0 Å². The van der Waals surface area contributed by atoms with Gasteiger partial charge >= 0.3 is 0 Å². The summed E-state index contributed by atoms with van der Waals surface area (Å²) in [5.41, 5.74) is 8.48. The first-order valence-electron chi connectivity index (χ1n) is 9.46. The van der Waals surface area contributed by atoms with Gasteiger partial charge in [-0.05, 0) is 76.8 Å². The summed E-state index contributed by atoms with van der Waals surface area (Å²) in [5.74, 6) is 1.18. The highest BCUT2D eigenvalue weighted by atomic mass is 16.5. The molecular formula is C21H33N3O. The second-order valence-corrected chi connectivity index (χ2v) is 7.73. The van der Waals surface area contributed by atoms with Crippen LogP contribution < -0.4 is 15.8 Å². The molecule has 0 aliphatic heterocycles. The van der Waals surface area contributed by atoms with E-state index in [1.54, 1.807) is 0 Å². The van der Waals surface area contributed by atoms with Gasteiger partial charge < -0.3 is 15.8 Å². The molecule has 2 aromatic rings. The first-order chi connectivity index (χ1) is 11.9. The molecule has 1 aromatic heterocycles. The van der Waals surface area contributed by atoms with E-state index in [4.69, 9.17) is 10.5 Å². The van der Waals surface area contributed by atoms with Gasteiger partial charge in [0.25, 0.3) is 0 Å². The second kappa shape index (κ2) is 9.04. The lowest BCUT2D eigenvalue weighted by atomic mass is 10.0. The van der Waals surface area contributed by atoms with Crippen LogP contribution in [0.2, 0.25) is 0 Å². The lowest BCUT2D eigenvalue weighted by Gasteiger charge is -2.20. The summed E-state index contributed by atoms with van der Waals surface area (Å²) in [6.45, 7) is 10.5. The third-order valence-electron chi connectivity index (χ3n) is 4.17. The smallest absolute Gasteiger partial charge is 0.166 e. The van der Waals surface area contributed by atoms with Gasteiger partial charge in [0.2, 0.25) is 0 Å². The van der Waals surface area contributed by atoms with Crippen molar-refractivity contribution in [2.24, 2.45) is 0 Å². The number of fused-ring (bicyclic) bond motifs is 1. The number of pyridine rings is 1. The first-order valence-corrected chi connectivity index (χ1v) is 9.46. The lowest BCUT2D eigenvalue weighted by Crippen LogP contribution is -2.36. The molecule has 0 saturated carbocycles. The van der Waals surface area contributed by atoms with Crippen LogP contribution in [0.25, 0.3) is 10.9 Å². The molecule has 1 heterocycles. The van der Waals surface area contributed by atoms with Gasteiger partial charge in [-0.1, -0.05) is 19.4 Å². The Bertz CT molecular complexity index is 677. The van der Waals surface area contributed by atoms with Gasteiger partial charge in [0.15, 0.2) is 11.6 Å². The predicted octanol–water partition coefficient (Wildman–Crippen LogP) is 4.71. The van der Waals surface area contributed by atoms with E-state index >= 15 is 0 Å². The van der Waals surface area contributed by atoms with E-state index in [1.807, 2.05) is 6.07 Å². The van der Waals surface area contributed by atoms with Crippen molar-refractivity contribution in [2.75, 3.05) is 18.9 Å². The molecule has 4 nitrogen and oxygen atoms in total. The number of aryl methyl sites for hydroxylation is 1. The molecular weight excluding hydrogens is 310 g/mol. The molecule has 0 amide bonds. The quantitative estimate of drug-likeness (QED) is 0.648. The second-order valence-electron chi connectivity index (χ2n) is 7.73. The van der Waals surface area contributed by atoms with Crippen molar-refractivity contribution in [3.63, 3.8) is 0 Å². The van der Waals surface area contributed by atoms with Crippen molar-refractivity contribution in [2.45, 2.75) is 65.3 Å². The zero-order chi connectivity index (χ0) is 18.3. The number of unbranched alkanes of at least 4 members (excludes halogenated alkanes) is 2. The van der Waals surface area contributed by atoms with Crippen LogP contribution in [-0.4, -0.2) is 23.7 Å². The number of nitrogens with zero attached hydrogens (tertiary/aromatic N) is 1. The summed E-state index contributed by atoms with van der Waals surface area (Å²) < 4.78 is 5.77. The molecule has 3 N–H and O–H groups in total. The van der Waals surface area contributed by atoms with Crippen LogP contribution in [0.3, 0.4) is 0 Å². The van der Waals surface area contributed by atoms with Gasteiger partial charge in [-0.3, -0.25) is 0 Å². The number of benzene rings is 1. The molecule has 2 rings (SSSR count). The normalized spacial score (nSPS) is 11.8. The number of aromatic nitrogens is 1. The minimum Gasteiger partial charge on any atom is -0.490 e. The van der Waals surface area contributed by atoms with E-state index in [0.717, 1.165) is 36.7 Å². The summed E-state index contributed by atoms with van der Waals surface area (Å²) in [6.07, 6.45) is 5.57. The Morgan fingerprint density at radius 1 is 1.12 bits per heavy atom. The van der Waals surface area contributed by atoms with Crippen LogP contribution in [0.1, 0.15) is 58.9 Å². The molecule has 0 bridgehead atoms. The van der Waals surface area contributed by atoms with Gasteiger partial charge in [0.1, 0.15) is 0 Å². The molecule has 4 heteroatoms. The van der Waals surface area contributed by atoms with Crippen LogP contribution in [0.5, 0.6) is 5.75 Å². The Hall–Kier alpha value is -1.81. The Kier molecular flexibility index (Phi) is 7.06. The SMILES string of the molecule is CCCCOc1cc2cc(CCCCNC(C)(C)C)ccc2nc1N. The molecule has 0 aliphatic carbocycles. The molecule has 25 heavy (non-hydrogen) atoms. The number of ether oxygens (including phenoxy) is 1. The number of anilines is 1. The van der Waals surface area contributed by atoms with Crippen LogP contribution in [0, 0.1) is 0 Å². The number of hydrogen-bond donors (Lipinski definition) is 2. The molecule has 0 radical (unpaired) electrons. The molecule has 0 fully saturated rings. The number of nitrogens with two attached hydrogens (primary N) is 1. The van der Waals surface area contributed by atoms with E-state index < -0.39 is 0 Å². The zero-order valence-electron chi connectivity index (χ0n) is 16.2. The monoisotopic (exact) mass is 343 g/mol. The van der Waals surface area contributed by atoms with Gasteiger partial charge in [0.05, 0.1) is 12.1 Å². The van der Waals surface area contributed by atoms with E-state index in [0.29, 0.717) is 18.2 Å². The summed E-state index contributed by atoms with van der Waals surface area (Å²) in [6, 6.07) is 8.46. The highest BCUT2D eigenvalue weighted by molar-refractivity contribution is 5.83. The van der Waals surface area contributed by atoms with Crippen LogP contribution in [0.4, 0.5) is 5.82 Å².